The van der Waals surface area contributed by atoms with Crippen molar-refractivity contribution in [2.75, 3.05) is 6.61 Å². The second-order valence-corrected chi connectivity index (χ2v) is 6.92. The Kier molecular flexibility index (Phi) is 3.12. The van der Waals surface area contributed by atoms with E-state index in [0.29, 0.717) is 12.5 Å². The van der Waals surface area contributed by atoms with E-state index >= 15 is 0 Å². The van der Waals surface area contributed by atoms with Crippen LogP contribution in [0.2, 0.25) is 0 Å². The first kappa shape index (κ1) is 11.4. The maximum atomic E-state index is 9.49. The largest absolute Gasteiger partial charge is 0.396 e. The average molecular weight is 210 g/mol. The molecule has 2 aliphatic carbocycles. The SMILES string of the molecule is CC(C)(C)C(CO)CC1CC2CCC1C2. The molecule has 15 heavy (non-hydrogen) atoms. The second-order valence-electron chi connectivity index (χ2n) is 6.92. The predicted octanol–water partition coefficient (Wildman–Crippen LogP) is 3.47. The number of hydrogen-bond donors (Lipinski definition) is 1. The topological polar surface area (TPSA) is 20.2 Å². The number of aliphatic hydroxyl groups excluding tert-OH is 1. The van der Waals surface area contributed by atoms with Crippen LogP contribution >= 0.6 is 0 Å². The van der Waals surface area contributed by atoms with Crippen molar-refractivity contribution in [3.63, 3.8) is 0 Å². The third kappa shape index (κ3) is 2.38. The van der Waals surface area contributed by atoms with Gasteiger partial charge < -0.3 is 5.11 Å². The van der Waals surface area contributed by atoms with Gasteiger partial charge >= 0.3 is 0 Å². The van der Waals surface area contributed by atoms with Crippen molar-refractivity contribution in [2.45, 2.75) is 52.9 Å². The lowest BCUT2D eigenvalue weighted by Gasteiger charge is -2.33. The Hall–Kier alpha value is -0.0400. The summed E-state index contributed by atoms with van der Waals surface area (Å²) in [6, 6.07) is 0. The van der Waals surface area contributed by atoms with Crippen LogP contribution in [-0.4, -0.2) is 11.7 Å². The standard InChI is InChI=1S/C14H26O/c1-14(2,3)13(9-15)8-12-7-10-4-5-11(12)6-10/h10-13,15H,4-9H2,1-3H3. The van der Waals surface area contributed by atoms with E-state index in [2.05, 4.69) is 20.8 Å². The number of rotatable bonds is 3. The minimum Gasteiger partial charge on any atom is -0.396 e. The van der Waals surface area contributed by atoms with E-state index in [-0.39, 0.29) is 5.41 Å². The molecule has 0 heterocycles. The Balaban J connectivity index is 1.90. The molecular weight excluding hydrogens is 184 g/mol. The third-order valence-electron chi connectivity index (χ3n) is 4.92. The molecule has 0 aromatic rings. The fraction of sp³-hybridized carbons (Fsp3) is 1.00. The molecule has 0 amide bonds. The third-order valence-corrected chi connectivity index (χ3v) is 4.92. The molecule has 1 N–H and O–H groups in total. The van der Waals surface area contributed by atoms with Gasteiger partial charge in [-0.3, -0.25) is 0 Å². The Morgan fingerprint density at radius 3 is 2.33 bits per heavy atom. The van der Waals surface area contributed by atoms with Crippen LogP contribution in [0.1, 0.15) is 52.9 Å². The fourth-order valence-electron chi connectivity index (χ4n) is 3.73. The fourth-order valence-corrected chi connectivity index (χ4v) is 3.73. The van der Waals surface area contributed by atoms with Gasteiger partial charge in [-0.15, -0.1) is 0 Å². The first-order valence-electron chi connectivity index (χ1n) is 6.61. The van der Waals surface area contributed by atoms with Gasteiger partial charge in [0, 0.05) is 6.61 Å². The number of hydrogen-bond acceptors (Lipinski definition) is 1. The van der Waals surface area contributed by atoms with Crippen molar-refractivity contribution < 1.29 is 5.11 Å². The van der Waals surface area contributed by atoms with Gasteiger partial charge in [-0.05, 0) is 54.8 Å². The van der Waals surface area contributed by atoms with E-state index in [1.54, 1.807) is 0 Å². The highest BCUT2D eigenvalue weighted by Crippen LogP contribution is 2.51. The zero-order valence-corrected chi connectivity index (χ0v) is 10.5. The zero-order chi connectivity index (χ0) is 11.1. The van der Waals surface area contributed by atoms with Crippen LogP contribution in [0.25, 0.3) is 0 Å². The summed E-state index contributed by atoms with van der Waals surface area (Å²) >= 11 is 0. The maximum absolute atomic E-state index is 9.49. The van der Waals surface area contributed by atoms with Crippen molar-refractivity contribution in [1.29, 1.82) is 0 Å². The lowest BCUT2D eigenvalue weighted by atomic mass is 9.73. The van der Waals surface area contributed by atoms with E-state index < -0.39 is 0 Å². The molecule has 2 bridgehead atoms. The Morgan fingerprint density at radius 1 is 1.20 bits per heavy atom. The molecule has 1 heteroatoms. The molecule has 2 fully saturated rings. The Bertz CT molecular complexity index is 216. The van der Waals surface area contributed by atoms with E-state index in [0.717, 1.165) is 17.8 Å². The predicted molar refractivity (Wildman–Crippen MR) is 63.6 cm³/mol. The zero-order valence-electron chi connectivity index (χ0n) is 10.5. The molecule has 2 rings (SSSR count). The highest BCUT2D eigenvalue weighted by atomic mass is 16.3. The van der Waals surface area contributed by atoms with Crippen LogP contribution < -0.4 is 0 Å². The molecule has 4 unspecified atom stereocenters. The van der Waals surface area contributed by atoms with Crippen LogP contribution in [0.4, 0.5) is 0 Å². The summed E-state index contributed by atoms with van der Waals surface area (Å²) < 4.78 is 0. The van der Waals surface area contributed by atoms with Crippen LogP contribution in [0.5, 0.6) is 0 Å². The van der Waals surface area contributed by atoms with E-state index in [9.17, 15) is 5.11 Å². The minimum absolute atomic E-state index is 0.274. The van der Waals surface area contributed by atoms with Crippen LogP contribution in [0, 0.1) is 29.1 Å². The van der Waals surface area contributed by atoms with Gasteiger partial charge in [0.15, 0.2) is 0 Å². The van der Waals surface area contributed by atoms with E-state index in [1.165, 1.54) is 32.1 Å². The molecule has 0 aromatic heterocycles. The monoisotopic (exact) mass is 210 g/mol. The van der Waals surface area contributed by atoms with Crippen LogP contribution in [-0.2, 0) is 0 Å². The smallest absolute Gasteiger partial charge is 0.0464 e. The highest BCUT2D eigenvalue weighted by Gasteiger charge is 2.41. The van der Waals surface area contributed by atoms with Crippen molar-refractivity contribution >= 4 is 0 Å². The van der Waals surface area contributed by atoms with Crippen molar-refractivity contribution in [3.8, 4) is 0 Å². The number of fused-ring (bicyclic) bond motifs is 2. The molecule has 0 aliphatic heterocycles. The first-order chi connectivity index (χ1) is 7.00. The maximum Gasteiger partial charge on any atom is 0.0464 e. The van der Waals surface area contributed by atoms with Gasteiger partial charge in [0.2, 0.25) is 0 Å². The van der Waals surface area contributed by atoms with Gasteiger partial charge in [0.25, 0.3) is 0 Å². The summed E-state index contributed by atoms with van der Waals surface area (Å²) in [4.78, 5) is 0. The molecule has 2 aliphatic rings. The molecule has 1 nitrogen and oxygen atoms in total. The second kappa shape index (κ2) is 4.08. The van der Waals surface area contributed by atoms with Crippen molar-refractivity contribution in [3.05, 3.63) is 0 Å². The van der Waals surface area contributed by atoms with Gasteiger partial charge in [-0.25, -0.2) is 0 Å². The van der Waals surface area contributed by atoms with Gasteiger partial charge in [-0.2, -0.15) is 0 Å². The molecule has 4 atom stereocenters. The first-order valence-corrected chi connectivity index (χ1v) is 6.61. The summed E-state index contributed by atoms with van der Waals surface area (Å²) in [6.45, 7) is 7.17. The lowest BCUT2D eigenvalue weighted by molar-refractivity contribution is 0.0949. The molecule has 88 valence electrons. The Morgan fingerprint density at radius 2 is 1.93 bits per heavy atom. The van der Waals surface area contributed by atoms with Crippen molar-refractivity contribution in [1.82, 2.24) is 0 Å². The molecule has 0 saturated heterocycles. The molecule has 0 radical (unpaired) electrons. The van der Waals surface area contributed by atoms with Crippen LogP contribution in [0.15, 0.2) is 0 Å². The summed E-state index contributed by atoms with van der Waals surface area (Å²) in [5.41, 5.74) is 0.274. The summed E-state index contributed by atoms with van der Waals surface area (Å²) in [6.07, 6.45) is 7.17. The number of aliphatic hydroxyl groups is 1. The molecule has 2 saturated carbocycles. The summed E-state index contributed by atoms with van der Waals surface area (Å²) in [7, 11) is 0. The van der Waals surface area contributed by atoms with Gasteiger partial charge in [-0.1, -0.05) is 27.2 Å². The van der Waals surface area contributed by atoms with E-state index in [4.69, 9.17) is 0 Å². The van der Waals surface area contributed by atoms with E-state index in [1.807, 2.05) is 0 Å². The normalized spacial score (nSPS) is 37.2. The minimum atomic E-state index is 0.274. The van der Waals surface area contributed by atoms with Crippen LogP contribution in [0.3, 0.4) is 0 Å². The summed E-state index contributed by atoms with van der Waals surface area (Å²) in [5.74, 6) is 3.48. The molecular formula is C14H26O. The molecule has 0 spiro atoms. The Labute approximate surface area is 94.3 Å². The lowest BCUT2D eigenvalue weighted by Crippen LogP contribution is -2.28. The average Bonchev–Trinajstić information content (AvgIpc) is 2.72. The quantitative estimate of drug-likeness (QED) is 0.756. The van der Waals surface area contributed by atoms with Gasteiger partial charge in [0.05, 0.1) is 0 Å². The highest BCUT2D eigenvalue weighted by molar-refractivity contribution is 4.91. The van der Waals surface area contributed by atoms with Crippen molar-refractivity contribution in [2.24, 2.45) is 29.1 Å². The molecule has 0 aromatic carbocycles. The summed E-state index contributed by atoms with van der Waals surface area (Å²) in [5, 5.41) is 9.49. The van der Waals surface area contributed by atoms with Gasteiger partial charge in [0.1, 0.15) is 0 Å².